The molecule has 5 heteroatoms. The standard InChI is InChI=1S/C26H23FN2O2/c1-31-18-12-10-16(11-13-18)17-14-23-25(24(30)15-17)26(19-6-2-3-7-20(19)27)29-22-9-5-4-8-21(22)28-23/h2-13,17,26,28-29H,14-15H2,1H3/t17-,26+/m1/s1. The molecule has 3 aromatic carbocycles. The number of hydrogen-bond donors (Lipinski definition) is 2. The summed E-state index contributed by atoms with van der Waals surface area (Å²) in [5.41, 5.74) is 4.77. The minimum absolute atomic E-state index is 0.0307. The van der Waals surface area contributed by atoms with Crippen molar-refractivity contribution < 1.29 is 13.9 Å². The Balaban J connectivity index is 1.59. The third kappa shape index (κ3) is 3.56. The number of fused-ring (bicyclic) bond motifs is 1. The SMILES string of the molecule is COc1ccc([C@H]2CC(=O)C3=C(C2)Nc2ccccc2N[C@H]3c2ccccc2F)cc1. The van der Waals surface area contributed by atoms with Crippen LogP contribution in [0.25, 0.3) is 0 Å². The number of benzene rings is 3. The van der Waals surface area contributed by atoms with Crippen LogP contribution < -0.4 is 15.4 Å². The summed E-state index contributed by atoms with van der Waals surface area (Å²) in [7, 11) is 1.64. The van der Waals surface area contributed by atoms with Gasteiger partial charge in [0.2, 0.25) is 0 Å². The van der Waals surface area contributed by atoms with Crippen LogP contribution in [0.15, 0.2) is 84.1 Å². The number of ketones is 1. The Morgan fingerprint density at radius 1 is 0.903 bits per heavy atom. The lowest BCUT2D eigenvalue weighted by atomic mass is 9.78. The molecule has 0 aromatic heterocycles. The van der Waals surface area contributed by atoms with Gasteiger partial charge in [0, 0.05) is 23.3 Å². The number of anilines is 2. The van der Waals surface area contributed by atoms with E-state index < -0.39 is 6.04 Å². The summed E-state index contributed by atoms with van der Waals surface area (Å²) in [6.07, 6.45) is 1.06. The van der Waals surface area contributed by atoms with Crippen molar-refractivity contribution in [3.63, 3.8) is 0 Å². The number of carbonyl (C=O) groups is 1. The first-order valence-corrected chi connectivity index (χ1v) is 10.4. The molecule has 3 aromatic rings. The van der Waals surface area contributed by atoms with Crippen LogP contribution in [0.3, 0.4) is 0 Å². The van der Waals surface area contributed by atoms with Crippen LogP contribution in [-0.4, -0.2) is 12.9 Å². The lowest BCUT2D eigenvalue weighted by Gasteiger charge is -2.30. The molecule has 2 atom stereocenters. The summed E-state index contributed by atoms with van der Waals surface area (Å²) in [6, 6.07) is 21.8. The first-order valence-electron chi connectivity index (χ1n) is 10.4. The van der Waals surface area contributed by atoms with Crippen molar-refractivity contribution in [2.45, 2.75) is 24.8 Å². The van der Waals surface area contributed by atoms with Gasteiger partial charge in [-0.2, -0.15) is 0 Å². The molecule has 2 N–H and O–H groups in total. The summed E-state index contributed by atoms with van der Waals surface area (Å²) >= 11 is 0. The molecule has 0 amide bonds. The highest BCUT2D eigenvalue weighted by Crippen LogP contribution is 2.44. The molecule has 5 rings (SSSR count). The molecular formula is C26H23FN2O2. The number of carbonyl (C=O) groups excluding carboxylic acids is 1. The van der Waals surface area contributed by atoms with Crippen molar-refractivity contribution >= 4 is 17.2 Å². The Bertz CT molecular complexity index is 1170. The van der Waals surface area contributed by atoms with Crippen LogP contribution in [0, 0.1) is 5.82 Å². The monoisotopic (exact) mass is 414 g/mol. The third-order valence-electron chi connectivity index (χ3n) is 6.11. The summed E-state index contributed by atoms with van der Waals surface area (Å²) in [5.74, 6) is 0.548. The first-order chi connectivity index (χ1) is 15.1. The highest BCUT2D eigenvalue weighted by atomic mass is 19.1. The molecule has 1 aliphatic heterocycles. The zero-order valence-electron chi connectivity index (χ0n) is 17.2. The van der Waals surface area contributed by atoms with Crippen LogP contribution in [0.5, 0.6) is 5.75 Å². The maximum absolute atomic E-state index is 14.8. The summed E-state index contributed by atoms with van der Waals surface area (Å²) in [5, 5.41) is 6.90. The Hall–Kier alpha value is -3.60. The molecule has 0 spiro atoms. The second-order valence-electron chi connectivity index (χ2n) is 7.96. The van der Waals surface area contributed by atoms with Gasteiger partial charge in [-0.05, 0) is 48.2 Å². The number of methoxy groups -OCH3 is 1. The molecule has 1 heterocycles. The molecular weight excluding hydrogens is 391 g/mol. The van der Waals surface area contributed by atoms with Gasteiger partial charge < -0.3 is 15.4 Å². The number of hydrogen-bond acceptors (Lipinski definition) is 4. The fourth-order valence-electron chi connectivity index (χ4n) is 4.55. The van der Waals surface area contributed by atoms with E-state index in [0.717, 1.165) is 28.4 Å². The van der Waals surface area contributed by atoms with Crippen LogP contribution in [0.1, 0.15) is 35.9 Å². The lowest BCUT2D eigenvalue weighted by Crippen LogP contribution is -2.27. The summed E-state index contributed by atoms with van der Waals surface area (Å²) in [6.45, 7) is 0. The maximum Gasteiger partial charge on any atom is 0.163 e. The average molecular weight is 414 g/mol. The number of Topliss-reactive ketones (excluding diaryl/α,β-unsaturated/α-hetero) is 1. The van der Waals surface area contributed by atoms with Gasteiger partial charge in [-0.25, -0.2) is 4.39 Å². The second-order valence-corrected chi connectivity index (χ2v) is 7.96. The molecule has 31 heavy (non-hydrogen) atoms. The van der Waals surface area contributed by atoms with Gasteiger partial charge in [-0.15, -0.1) is 0 Å². The minimum atomic E-state index is -0.545. The third-order valence-corrected chi connectivity index (χ3v) is 6.11. The van der Waals surface area contributed by atoms with E-state index in [1.807, 2.05) is 48.5 Å². The quantitative estimate of drug-likeness (QED) is 0.568. The summed E-state index contributed by atoms with van der Waals surface area (Å²) < 4.78 is 20.0. The van der Waals surface area contributed by atoms with Gasteiger partial charge in [0.1, 0.15) is 11.6 Å². The minimum Gasteiger partial charge on any atom is -0.497 e. The van der Waals surface area contributed by atoms with Gasteiger partial charge in [0.15, 0.2) is 5.78 Å². The van der Waals surface area contributed by atoms with Crippen molar-refractivity contribution in [1.82, 2.24) is 0 Å². The Morgan fingerprint density at radius 2 is 1.61 bits per heavy atom. The topological polar surface area (TPSA) is 50.4 Å². The molecule has 0 radical (unpaired) electrons. The van der Waals surface area contributed by atoms with E-state index in [0.29, 0.717) is 24.0 Å². The van der Waals surface area contributed by atoms with E-state index in [1.165, 1.54) is 6.07 Å². The predicted octanol–water partition coefficient (Wildman–Crippen LogP) is 5.81. The zero-order chi connectivity index (χ0) is 21.4. The van der Waals surface area contributed by atoms with E-state index in [9.17, 15) is 9.18 Å². The van der Waals surface area contributed by atoms with E-state index in [1.54, 1.807) is 25.3 Å². The molecule has 2 aliphatic rings. The smallest absolute Gasteiger partial charge is 0.163 e. The number of nitrogens with one attached hydrogen (secondary N) is 2. The van der Waals surface area contributed by atoms with Crippen molar-refractivity contribution in [2.24, 2.45) is 0 Å². The Labute approximate surface area is 180 Å². The van der Waals surface area contributed by atoms with Crippen molar-refractivity contribution in [3.05, 3.63) is 101 Å². The fraction of sp³-hybridized carbons (Fsp3) is 0.192. The van der Waals surface area contributed by atoms with Crippen LogP contribution in [-0.2, 0) is 4.79 Å². The number of rotatable bonds is 3. The first kappa shape index (κ1) is 19.4. The molecule has 0 saturated carbocycles. The van der Waals surface area contributed by atoms with Crippen molar-refractivity contribution in [3.8, 4) is 5.75 Å². The highest BCUT2D eigenvalue weighted by Gasteiger charge is 2.36. The van der Waals surface area contributed by atoms with E-state index in [2.05, 4.69) is 10.6 Å². The van der Waals surface area contributed by atoms with Gasteiger partial charge in [0.05, 0.1) is 24.5 Å². The van der Waals surface area contributed by atoms with Gasteiger partial charge in [-0.1, -0.05) is 42.5 Å². The zero-order valence-corrected chi connectivity index (χ0v) is 17.2. The highest BCUT2D eigenvalue weighted by molar-refractivity contribution is 6.01. The summed E-state index contributed by atoms with van der Waals surface area (Å²) in [4.78, 5) is 13.4. The number of allylic oxidation sites excluding steroid dienone is 1. The fourth-order valence-corrected chi connectivity index (χ4v) is 4.55. The molecule has 4 nitrogen and oxygen atoms in total. The second kappa shape index (κ2) is 7.91. The molecule has 0 unspecified atom stereocenters. The molecule has 156 valence electrons. The van der Waals surface area contributed by atoms with Crippen LogP contribution in [0.4, 0.5) is 15.8 Å². The van der Waals surface area contributed by atoms with E-state index >= 15 is 0 Å². The number of para-hydroxylation sites is 2. The van der Waals surface area contributed by atoms with E-state index in [-0.39, 0.29) is 17.5 Å². The van der Waals surface area contributed by atoms with Crippen molar-refractivity contribution in [1.29, 1.82) is 0 Å². The normalized spacial score (nSPS) is 20.1. The molecule has 1 aliphatic carbocycles. The van der Waals surface area contributed by atoms with Gasteiger partial charge >= 0.3 is 0 Å². The van der Waals surface area contributed by atoms with Gasteiger partial charge in [-0.3, -0.25) is 4.79 Å². The van der Waals surface area contributed by atoms with Gasteiger partial charge in [0.25, 0.3) is 0 Å². The predicted molar refractivity (Wildman–Crippen MR) is 120 cm³/mol. The largest absolute Gasteiger partial charge is 0.497 e. The van der Waals surface area contributed by atoms with Crippen LogP contribution >= 0.6 is 0 Å². The lowest BCUT2D eigenvalue weighted by molar-refractivity contribution is -0.116. The maximum atomic E-state index is 14.8. The number of ether oxygens (including phenoxy) is 1. The Kier molecular flexibility index (Phi) is 4.94. The van der Waals surface area contributed by atoms with E-state index in [4.69, 9.17) is 4.74 Å². The van der Waals surface area contributed by atoms with Crippen molar-refractivity contribution in [2.75, 3.05) is 17.7 Å². The average Bonchev–Trinajstić information content (AvgIpc) is 2.96. The molecule has 0 saturated heterocycles. The molecule has 0 fully saturated rings. The molecule has 0 bridgehead atoms. The Morgan fingerprint density at radius 3 is 2.35 bits per heavy atom. The number of halogens is 1. The van der Waals surface area contributed by atoms with Crippen LogP contribution in [0.2, 0.25) is 0 Å².